The Bertz CT molecular complexity index is 307. The van der Waals surface area contributed by atoms with Gasteiger partial charge in [0, 0.05) is 0 Å². The first kappa shape index (κ1) is 11.7. The summed E-state index contributed by atoms with van der Waals surface area (Å²) >= 11 is 0. The molecule has 0 unspecified atom stereocenters. The zero-order chi connectivity index (χ0) is 11.4. The summed E-state index contributed by atoms with van der Waals surface area (Å²) in [5, 5.41) is 0. The van der Waals surface area contributed by atoms with Crippen LogP contribution in [0.1, 0.15) is 49.1 Å². The molecule has 1 aliphatic carbocycles. The van der Waals surface area contributed by atoms with Crippen molar-refractivity contribution in [3.8, 4) is 0 Å². The minimum Gasteiger partial charge on any atom is -0.330 e. The van der Waals surface area contributed by atoms with Gasteiger partial charge >= 0.3 is 0 Å². The standard InChI is InChI=1S/C15H23N/c1-12-2-6-14(7-3-12)15-8-4-13(5-9-15)10-11-16/h2-3,6-7,13,15H,4-5,8-11,16H2,1H3. The lowest BCUT2D eigenvalue weighted by atomic mass is 9.77. The molecule has 1 nitrogen and oxygen atoms in total. The highest BCUT2D eigenvalue weighted by Gasteiger charge is 2.21. The predicted molar refractivity (Wildman–Crippen MR) is 69.5 cm³/mol. The Morgan fingerprint density at radius 3 is 2.25 bits per heavy atom. The van der Waals surface area contributed by atoms with Gasteiger partial charge in [0.15, 0.2) is 0 Å². The monoisotopic (exact) mass is 217 g/mol. The van der Waals surface area contributed by atoms with Crippen LogP contribution < -0.4 is 5.73 Å². The van der Waals surface area contributed by atoms with Crippen LogP contribution in [0.4, 0.5) is 0 Å². The average molecular weight is 217 g/mol. The molecule has 2 rings (SSSR count). The number of hydrogen-bond donors (Lipinski definition) is 1. The van der Waals surface area contributed by atoms with Crippen molar-refractivity contribution < 1.29 is 0 Å². The molecule has 1 saturated carbocycles. The Morgan fingerprint density at radius 2 is 1.69 bits per heavy atom. The van der Waals surface area contributed by atoms with E-state index in [4.69, 9.17) is 5.73 Å². The summed E-state index contributed by atoms with van der Waals surface area (Å²) in [5.41, 5.74) is 8.52. The topological polar surface area (TPSA) is 26.0 Å². The molecule has 0 radical (unpaired) electrons. The molecule has 0 saturated heterocycles. The first-order valence-corrected chi connectivity index (χ1v) is 6.56. The van der Waals surface area contributed by atoms with E-state index in [1.165, 1.54) is 43.2 Å². The molecular weight excluding hydrogens is 194 g/mol. The third kappa shape index (κ3) is 2.85. The van der Waals surface area contributed by atoms with Crippen molar-refractivity contribution in [2.24, 2.45) is 11.7 Å². The molecule has 0 amide bonds. The molecule has 2 N–H and O–H groups in total. The van der Waals surface area contributed by atoms with Gasteiger partial charge < -0.3 is 5.73 Å². The maximum Gasteiger partial charge on any atom is -0.00746 e. The highest BCUT2D eigenvalue weighted by Crippen LogP contribution is 2.36. The number of hydrogen-bond acceptors (Lipinski definition) is 1. The van der Waals surface area contributed by atoms with E-state index in [0.29, 0.717) is 0 Å². The lowest BCUT2D eigenvalue weighted by Crippen LogP contribution is -2.16. The van der Waals surface area contributed by atoms with Crippen LogP contribution in [0.25, 0.3) is 0 Å². The molecular formula is C15H23N. The van der Waals surface area contributed by atoms with Crippen molar-refractivity contribution in [3.05, 3.63) is 35.4 Å². The molecule has 0 atom stereocenters. The maximum atomic E-state index is 5.62. The molecule has 1 aromatic carbocycles. The van der Waals surface area contributed by atoms with E-state index < -0.39 is 0 Å². The Labute approximate surface area is 99.0 Å². The van der Waals surface area contributed by atoms with Crippen molar-refractivity contribution in [2.45, 2.75) is 44.9 Å². The molecule has 0 aromatic heterocycles. The summed E-state index contributed by atoms with van der Waals surface area (Å²) in [4.78, 5) is 0. The number of rotatable bonds is 3. The van der Waals surface area contributed by atoms with E-state index >= 15 is 0 Å². The number of nitrogens with two attached hydrogens (primary N) is 1. The third-order valence-electron chi connectivity index (χ3n) is 3.97. The predicted octanol–water partition coefficient (Wildman–Crippen LogP) is 3.62. The van der Waals surface area contributed by atoms with Crippen LogP contribution in [0, 0.1) is 12.8 Å². The summed E-state index contributed by atoms with van der Waals surface area (Å²) in [6.07, 6.45) is 6.67. The fourth-order valence-electron chi connectivity index (χ4n) is 2.86. The Hall–Kier alpha value is -0.820. The van der Waals surface area contributed by atoms with Crippen LogP contribution in [0.3, 0.4) is 0 Å². The molecule has 88 valence electrons. The van der Waals surface area contributed by atoms with Crippen LogP contribution in [0.2, 0.25) is 0 Å². The molecule has 1 fully saturated rings. The van der Waals surface area contributed by atoms with Gasteiger partial charge in [-0.1, -0.05) is 29.8 Å². The molecule has 1 heteroatoms. The summed E-state index contributed by atoms with van der Waals surface area (Å²) in [5.74, 6) is 1.70. The largest absolute Gasteiger partial charge is 0.330 e. The van der Waals surface area contributed by atoms with Gasteiger partial charge in [-0.05, 0) is 63.0 Å². The Kier molecular flexibility index (Phi) is 4.00. The van der Waals surface area contributed by atoms with Gasteiger partial charge in [0.05, 0.1) is 0 Å². The minimum absolute atomic E-state index is 0.801. The van der Waals surface area contributed by atoms with Crippen LogP contribution in [0.5, 0.6) is 0 Å². The summed E-state index contributed by atoms with van der Waals surface area (Å²) in [7, 11) is 0. The van der Waals surface area contributed by atoms with Crippen LogP contribution >= 0.6 is 0 Å². The van der Waals surface area contributed by atoms with E-state index in [9.17, 15) is 0 Å². The summed E-state index contributed by atoms with van der Waals surface area (Å²) < 4.78 is 0. The number of benzene rings is 1. The van der Waals surface area contributed by atoms with E-state index in [1.54, 1.807) is 0 Å². The second kappa shape index (κ2) is 5.49. The van der Waals surface area contributed by atoms with Gasteiger partial charge in [0.1, 0.15) is 0 Å². The zero-order valence-corrected chi connectivity index (χ0v) is 10.3. The molecule has 16 heavy (non-hydrogen) atoms. The van der Waals surface area contributed by atoms with E-state index in [-0.39, 0.29) is 0 Å². The van der Waals surface area contributed by atoms with Gasteiger partial charge in [-0.25, -0.2) is 0 Å². The maximum absolute atomic E-state index is 5.62. The first-order valence-electron chi connectivity index (χ1n) is 6.56. The first-order chi connectivity index (χ1) is 7.79. The van der Waals surface area contributed by atoms with Gasteiger partial charge in [-0.15, -0.1) is 0 Å². The van der Waals surface area contributed by atoms with Crippen molar-refractivity contribution >= 4 is 0 Å². The SMILES string of the molecule is Cc1ccc(C2CCC(CCN)CC2)cc1. The normalized spacial score (nSPS) is 25.6. The van der Waals surface area contributed by atoms with Crippen LogP contribution in [0.15, 0.2) is 24.3 Å². The zero-order valence-electron chi connectivity index (χ0n) is 10.3. The smallest absolute Gasteiger partial charge is 0.00746 e. The van der Waals surface area contributed by atoms with E-state index in [2.05, 4.69) is 31.2 Å². The molecule has 1 aromatic rings. The Balaban J connectivity index is 1.91. The molecule has 0 heterocycles. The van der Waals surface area contributed by atoms with Gasteiger partial charge in [-0.3, -0.25) is 0 Å². The van der Waals surface area contributed by atoms with Crippen molar-refractivity contribution in [3.63, 3.8) is 0 Å². The minimum atomic E-state index is 0.801. The van der Waals surface area contributed by atoms with Crippen LogP contribution in [-0.4, -0.2) is 6.54 Å². The molecule has 0 bridgehead atoms. The highest BCUT2D eigenvalue weighted by molar-refractivity contribution is 5.24. The number of aryl methyl sites for hydroxylation is 1. The molecule has 0 spiro atoms. The quantitative estimate of drug-likeness (QED) is 0.822. The highest BCUT2D eigenvalue weighted by atomic mass is 14.5. The summed E-state index contributed by atoms with van der Waals surface area (Å²) in [6, 6.07) is 9.09. The van der Waals surface area contributed by atoms with Gasteiger partial charge in [0.2, 0.25) is 0 Å². The molecule has 0 aliphatic heterocycles. The van der Waals surface area contributed by atoms with E-state index in [1.807, 2.05) is 0 Å². The molecule has 1 aliphatic rings. The van der Waals surface area contributed by atoms with Crippen molar-refractivity contribution in [2.75, 3.05) is 6.54 Å². The second-order valence-corrected chi connectivity index (χ2v) is 5.21. The lowest BCUT2D eigenvalue weighted by molar-refractivity contribution is 0.313. The van der Waals surface area contributed by atoms with Crippen molar-refractivity contribution in [1.82, 2.24) is 0 Å². The fraction of sp³-hybridized carbons (Fsp3) is 0.600. The Morgan fingerprint density at radius 1 is 1.06 bits per heavy atom. The summed E-state index contributed by atoms with van der Waals surface area (Å²) in [6.45, 7) is 3.02. The van der Waals surface area contributed by atoms with Crippen molar-refractivity contribution in [1.29, 1.82) is 0 Å². The lowest BCUT2D eigenvalue weighted by Gasteiger charge is -2.28. The third-order valence-corrected chi connectivity index (χ3v) is 3.97. The second-order valence-electron chi connectivity index (χ2n) is 5.21. The average Bonchev–Trinajstić information content (AvgIpc) is 2.32. The fourth-order valence-corrected chi connectivity index (χ4v) is 2.86. The van der Waals surface area contributed by atoms with Gasteiger partial charge in [0.25, 0.3) is 0 Å². The van der Waals surface area contributed by atoms with E-state index in [0.717, 1.165) is 18.4 Å². The van der Waals surface area contributed by atoms with Crippen LogP contribution in [-0.2, 0) is 0 Å². The van der Waals surface area contributed by atoms with Gasteiger partial charge in [-0.2, -0.15) is 0 Å².